The maximum Gasteiger partial charge on any atom is 0.160 e. The van der Waals surface area contributed by atoms with Gasteiger partial charge in [0.25, 0.3) is 0 Å². The molecular formula is C25H17BrIN3. The standard InChI is InChI=1S/C25H17BrIN3/c26-21-16-22-23(27)29-30(24(22)28-17-21)25(18-10-4-1-5-11-18,19-12-6-2-7-13-19)20-14-8-3-9-15-20/h1-17H. The Balaban J connectivity index is 1.98. The average Bonchev–Trinajstić information content (AvgIpc) is 3.12. The lowest BCUT2D eigenvalue weighted by Crippen LogP contribution is -2.38. The largest absolute Gasteiger partial charge is 0.236 e. The molecule has 2 heterocycles. The second-order valence-corrected chi connectivity index (χ2v) is 8.97. The summed E-state index contributed by atoms with van der Waals surface area (Å²) in [6.07, 6.45) is 1.84. The molecule has 5 aromatic rings. The molecule has 0 unspecified atom stereocenters. The molecule has 5 rings (SSSR count). The molecule has 2 aromatic heterocycles. The van der Waals surface area contributed by atoms with Gasteiger partial charge in [0, 0.05) is 10.7 Å². The first-order chi connectivity index (χ1) is 14.7. The van der Waals surface area contributed by atoms with Crippen molar-refractivity contribution in [3.8, 4) is 0 Å². The van der Waals surface area contributed by atoms with Crippen LogP contribution in [-0.4, -0.2) is 14.8 Å². The van der Waals surface area contributed by atoms with Crippen LogP contribution in [0.25, 0.3) is 11.0 Å². The molecule has 0 bridgehead atoms. The van der Waals surface area contributed by atoms with Crippen molar-refractivity contribution >= 4 is 49.6 Å². The van der Waals surface area contributed by atoms with Gasteiger partial charge < -0.3 is 0 Å². The van der Waals surface area contributed by atoms with Gasteiger partial charge in [-0.25, -0.2) is 9.67 Å². The molecule has 146 valence electrons. The summed E-state index contributed by atoms with van der Waals surface area (Å²) in [5.74, 6) is 0. The van der Waals surface area contributed by atoms with Crippen molar-refractivity contribution < 1.29 is 0 Å². The number of pyridine rings is 1. The van der Waals surface area contributed by atoms with Crippen LogP contribution >= 0.6 is 38.5 Å². The molecule has 0 aliphatic rings. The fraction of sp³-hybridized carbons (Fsp3) is 0.0400. The molecule has 0 radical (unpaired) electrons. The van der Waals surface area contributed by atoms with Crippen molar-refractivity contribution in [2.45, 2.75) is 5.54 Å². The third kappa shape index (κ3) is 3.08. The highest BCUT2D eigenvalue weighted by Crippen LogP contribution is 2.42. The van der Waals surface area contributed by atoms with Gasteiger partial charge in [-0.1, -0.05) is 91.0 Å². The van der Waals surface area contributed by atoms with Gasteiger partial charge in [-0.3, -0.25) is 0 Å². The first-order valence-corrected chi connectivity index (χ1v) is 11.5. The predicted molar refractivity (Wildman–Crippen MR) is 133 cm³/mol. The molecule has 0 atom stereocenters. The summed E-state index contributed by atoms with van der Waals surface area (Å²) >= 11 is 5.86. The monoisotopic (exact) mass is 565 g/mol. The second kappa shape index (κ2) is 7.96. The molecule has 5 heteroatoms. The smallest absolute Gasteiger partial charge is 0.160 e. The highest BCUT2D eigenvalue weighted by molar-refractivity contribution is 14.1. The Morgan fingerprint density at radius 3 is 1.67 bits per heavy atom. The topological polar surface area (TPSA) is 30.7 Å². The van der Waals surface area contributed by atoms with Gasteiger partial charge in [0.05, 0.1) is 5.39 Å². The van der Waals surface area contributed by atoms with Gasteiger partial charge in [0.2, 0.25) is 0 Å². The van der Waals surface area contributed by atoms with E-state index in [2.05, 4.69) is 122 Å². The van der Waals surface area contributed by atoms with E-state index in [-0.39, 0.29) is 0 Å². The van der Waals surface area contributed by atoms with E-state index in [1.807, 2.05) is 24.4 Å². The van der Waals surface area contributed by atoms with E-state index in [1.165, 1.54) is 0 Å². The van der Waals surface area contributed by atoms with Gasteiger partial charge in [-0.2, -0.15) is 5.10 Å². The van der Waals surface area contributed by atoms with Crippen LogP contribution in [0.5, 0.6) is 0 Å². The van der Waals surface area contributed by atoms with Crippen LogP contribution in [0.4, 0.5) is 0 Å². The maximum atomic E-state index is 5.05. The van der Waals surface area contributed by atoms with Crippen LogP contribution < -0.4 is 0 Å². The normalized spacial score (nSPS) is 11.7. The van der Waals surface area contributed by atoms with E-state index in [9.17, 15) is 0 Å². The molecule has 0 spiro atoms. The zero-order valence-electron chi connectivity index (χ0n) is 15.9. The van der Waals surface area contributed by atoms with E-state index in [0.717, 1.165) is 35.9 Å². The van der Waals surface area contributed by atoms with E-state index in [4.69, 9.17) is 10.1 Å². The van der Waals surface area contributed by atoms with Crippen molar-refractivity contribution in [1.82, 2.24) is 14.8 Å². The second-order valence-electron chi connectivity index (χ2n) is 7.04. The number of benzene rings is 3. The van der Waals surface area contributed by atoms with Crippen LogP contribution in [0.3, 0.4) is 0 Å². The molecule has 0 fully saturated rings. The van der Waals surface area contributed by atoms with Crippen molar-refractivity contribution in [3.05, 3.63) is 128 Å². The van der Waals surface area contributed by atoms with Gasteiger partial charge in [0.1, 0.15) is 9.24 Å². The minimum atomic E-state index is -0.660. The molecule has 3 aromatic carbocycles. The van der Waals surface area contributed by atoms with Crippen LogP contribution in [-0.2, 0) is 5.54 Å². The Labute approximate surface area is 197 Å². The van der Waals surface area contributed by atoms with Crippen molar-refractivity contribution in [2.24, 2.45) is 0 Å². The minimum absolute atomic E-state index is 0.660. The maximum absolute atomic E-state index is 5.05. The Morgan fingerprint density at radius 2 is 1.20 bits per heavy atom. The number of fused-ring (bicyclic) bond motifs is 1. The van der Waals surface area contributed by atoms with Crippen LogP contribution in [0.2, 0.25) is 0 Å². The summed E-state index contributed by atoms with van der Waals surface area (Å²) in [5.41, 5.74) is 3.58. The lowest BCUT2D eigenvalue weighted by molar-refractivity contribution is 0.470. The quantitative estimate of drug-likeness (QED) is 0.181. The molecular weight excluding hydrogens is 549 g/mol. The van der Waals surface area contributed by atoms with Crippen LogP contribution in [0.15, 0.2) is 108 Å². The highest BCUT2D eigenvalue weighted by Gasteiger charge is 2.41. The van der Waals surface area contributed by atoms with Crippen molar-refractivity contribution in [3.63, 3.8) is 0 Å². The number of nitrogens with zero attached hydrogens (tertiary/aromatic N) is 3. The Morgan fingerprint density at radius 1 is 0.733 bits per heavy atom. The molecule has 3 nitrogen and oxygen atoms in total. The summed E-state index contributed by atoms with van der Waals surface area (Å²) in [4.78, 5) is 4.79. The highest BCUT2D eigenvalue weighted by atomic mass is 127. The lowest BCUT2D eigenvalue weighted by atomic mass is 9.77. The summed E-state index contributed by atoms with van der Waals surface area (Å²) < 4.78 is 3.94. The van der Waals surface area contributed by atoms with Gasteiger partial charge in [0.15, 0.2) is 5.65 Å². The van der Waals surface area contributed by atoms with Gasteiger partial charge in [-0.05, 0) is 61.3 Å². The Kier molecular flexibility index (Phi) is 5.16. The number of aromatic nitrogens is 3. The van der Waals surface area contributed by atoms with E-state index >= 15 is 0 Å². The molecule has 0 aliphatic heterocycles. The average molecular weight is 566 g/mol. The molecule has 0 aliphatic carbocycles. The predicted octanol–water partition coefficient (Wildman–Crippen LogP) is 6.64. The molecule has 30 heavy (non-hydrogen) atoms. The lowest BCUT2D eigenvalue weighted by Gasteiger charge is -2.36. The summed E-state index contributed by atoms with van der Waals surface area (Å²) in [6, 6.07) is 33.7. The summed E-state index contributed by atoms with van der Waals surface area (Å²) in [6.45, 7) is 0. The Hall–Kier alpha value is -2.51. The minimum Gasteiger partial charge on any atom is -0.236 e. The SMILES string of the molecule is Brc1cnc2c(c1)c(I)nn2C(c1ccccc1)(c1ccccc1)c1ccccc1. The third-order valence-electron chi connectivity index (χ3n) is 5.34. The summed E-state index contributed by atoms with van der Waals surface area (Å²) in [5, 5.41) is 6.08. The molecule has 0 amide bonds. The summed E-state index contributed by atoms with van der Waals surface area (Å²) in [7, 11) is 0. The number of hydrogen-bond acceptors (Lipinski definition) is 2. The van der Waals surface area contributed by atoms with Crippen LogP contribution in [0, 0.1) is 3.70 Å². The molecule has 0 saturated heterocycles. The first kappa shape index (κ1) is 19.5. The zero-order chi connectivity index (χ0) is 20.6. The van der Waals surface area contributed by atoms with E-state index < -0.39 is 5.54 Å². The third-order valence-corrected chi connectivity index (χ3v) is 6.57. The first-order valence-electron chi connectivity index (χ1n) is 9.58. The number of halogens is 2. The van der Waals surface area contributed by atoms with E-state index in [1.54, 1.807) is 0 Å². The van der Waals surface area contributed by atoms with Gasteiger partial charge >= 0.3 is 0 Å². The van der Waals surface area contributed by atoms with Crippen LogP contribution in [0.1, 0.15) is 16.7 Å². The van der Waals surface area contributed by atoms with E-state index in [0.29, 0.717) is 0 Å². The zero-order valence-corrected chi connectivity index (χ0v) is 19.7. The fourth-order valence-corrected chi connectivity index (χ4v) is 5.02. The molecule has 0 saturated carbocycles. The number of rotatable bonds is 4. The number of hydrogen-bond donors (Lipinski definition) is 0. The fourth-order valence-electron chi connectivity index (χ4n) is 4.08. The molecule has 0 N–H and O–H groups in total. The van der Waals surface area contributed by atoms with Crippen molar-refractivity contribution in [2.75, 3.05) is 0 Å². The van der Waals surface area contributed by atoms with Crippen molar-refractivity contribution in [1.29, 1.82) is 0 Å². The Bertz CT molecular complexity index is 1210. The van der Waals surface area contributed by atoms with Gasteiger partial charge in [-0.15, -0.1) is 0 Å².